The summed E-state index contributed by atoms with van der Waals surface area (Å²) in [4.78, 5) is 29.8. The van der Waals surface area contributed by atoms with E-state index in [0.717, 1.165) is 16.9 Å². The van der Waals surface area contributed by atoms with Crippen molar-refractivity contribution in [2.45, 2.75) is 13.3 Å². The Bertz CT molecular complexity index is 1280. The Kier molecular flexibility index (Phi) is 4.89. The van der Waals surface area contributed by atoms with Crippen molar-refractivity contribution in [1.29, 1.82) is 0 Å². The van der Waals surface area contributed by atoms with Crippen molar-refractivity contribution in [2.75, 3.05) is 0 Å². The van der Waals surface area contributed by atoms with Crippen molar-refractivity contribution in [3.05, 3.63) is 68.1 Å². The van der Waals surface area contributed by atoms with Crippen LogP contribution in [0.3, 0.4) is 0 Å². The molecule has 1 N–H and O–H groups in total. The van der Waals surface area contributed by atoms with E-state index in [2.05, 4.69) is 19.6 Å². The Morgan fingerprint density at radius 3 is 2.62 bits per heavy atom. The van der Waals surface area contributed by atoms with Crippen LogP contribution in [-0.4, -0.2) is 25.5 Å². The second kappa shape index (κ2) is 7.38. The standard InChI is InChI=1S/C19H14Cl2N4O4/c1-9-22-14-4-3-11(8-15(14)25(9)2)28-17-12(20)5-10(6-13(17)21)7-16(26)18-23-19(27)29-24-18/h3-6,8H,7H2,1-2H3,(H,23,24,27). The molecule has 0 aliphatic rings. The van der Waals surface area contributed by atoms with Crippen LogP contribution >= 0.6 is 23.2 Å². The van der Waals surface area contributed by atoms with Crippen LogP contribution in [0.5, 0.6) is 11.5 Å². The van der Waals surface area contributed by atoms with Crippen LogP contribution in [0.1, 0.15) is 22.0 Å². The SMILES string of the molecule is Cc1nc2ccc(Oc3c(Cl)cc(CC(=O)c4noc(=O)[nH]4)cc3Cl)cc2n1C. The van der Waals surface area contributed by atoms with Crippen molar-refractivity contribution in [1.82, 2.24) is 19.7 Å². The molecular weight excluding hydrogens is 419 g/mol. The van der Waals surface area contributed by atoms with Gasteiger partial charge in [0.2, 0.25) is 11.6 Å². The molecule has 148 valence electrons. The van der Waals surface area contributed by atoms with E-state index in [1.807, 2.05) is 30.7 Å². The first kappa shape index (κ1) is 19.2. The van der Waals surface area contributed by atoms with E-state index in [1.165, 1.54) is 0 Å². The van der Waals surface area contributed by atoms with Gasteiger partial charge in [-0.05, 0) is 36.8 Å². The fraction of sp³-hybridized carbons (Fsp3) is 0.158. The molecule has 0 saturated heterocycles. The Hall–Kier alpha value is -3.10. The van der Waals surface area contributed by atoms with Gasteiger partial charge >= 0.3 is 5.76 Å². The van der Waals surface area contributed by atoms with Crippen molar-refractivity contribution in [3.63, 3.8) is 0 Å². The number of carbonyl (C=O) groups is 1. The monoisotopic (exact) mass is 432 g/mol. The number of aromatic amines is 1. The molecule has 2 heterocycles. The molecule has 0 amide bonds. The van der Waals surface area contributed by atoms with Gasteiger partial charge in [-0.3, -0.25) is 14.3 Å². The zero-order valence-electron chi connectivity index (χ0n) is 15.3. The number of aryl methyl sites for hydroxylation is 2. The molecule has 4 rings (SSSR count). The lowest BCUT2D eigenvalue weighted by atomic mass is 10.1. The number of carbonyl (C=O) groups excluding carboxylic acids is 1. The zero-order valence-corrected chi connectivity index (χ0v) is 16.8. The summed E-state index contributed by atoms with van der Waals surface area (Å²) in [7, 11) is 1.92. The molecule has 0 unspecified atom stereocenters. The fourth-order valence-corrected chi connectivity index (χ4v) is 3.51. The highest BCUT2D eigenvalue weighted by molar-refractivity contribution is 6.37. The molecule has 0 spiro atoms. The Morgan fingerprint density at radius 1 is 1.24 bits per heavy atom. The predicted molar refractivity (Wildman–Crippen MR) is 107 cm³/mol. The predicted octanol–water partition coefficient (Wildman–Crippen LogP) is 4.08. The summed E-state index contributed by atoms with van der Waals surface area (Å²) in [5.41, 5.74) is 2.31. The number of fused-ring (bicyclic) bond motifs is 1. The van der Waals surface area contributed by atoms with E-state index in [1.54, 1.807) is 18.2 Å². The lowest BCUT2D eigenvalue weighted by Crippen LogP contribution is -2.08. The number of Topliss-reactive ketones (excluding diaryl/α,β-unsaturated/α-hetero) is 1. The summed E-state index contributed by atoms with van der Waals surface area (Å²) in [6.07, 6.45) is -0.0670. The molecule has 10 heteroatoms. The quantitative estimate of drug-likeness (QED) is 0.476. The summed E-state index contributed by atoms with van der Waals surface area (Å²) < 4.78 is 12.2. The van der Waals surface area contributed by atoms with Crippen LogP contribution in [-0.2, 0) is 13.5 Å². The van der Waals surface area contributed by atoms with E-state index in [-0.39, 0.29) is 28.0 Å². The molecule has 2 aromatic heterocycles. The highest BCUT2D eigenvalue weighted by Gasteiger charge is 2.17. The molecule has 4 aromatic rings. The van der Waals surface area contributed by atoms with Crippen LogP contribution in [0, 0.1) is 6.92 Å². The minimum absolute atomic E-state index is 0.0670. The topological polar surface area (TPSA) is 103 Å². The van der Waals surface area contributed by atoms with Gasteiger partial charge in [0.25, 0.3) is 0 Å². The lowest BCUT2D eigenvalue weighted by Gasteiger charge is -2.11. The van der Waals surface area contributed by atoms with Gasteiger partial charge in [0.1, 0.15) is 11.6 Å². The van der Waals surface area contributed by atoms with Crippen LogP contribution < -0.4 is 10.5 Å². The van der Waals surface area contributed by atoms with Gasteiger partial charge in [0.15, 0.2) is 5.75 Å². The third-order valence-corrected chi connectivity index (χ3v) is 4.98. The van der Waals surface area contributed by atoms with Gasteiger partial charge in [0, 0.05) is 19.5 Å². The number of hydrogen-bond donors (Lipinski definition) is 1. The average molecular weight is 433 g/mol. The fourth-order valence-electron chi connectivity index (χ4n) is 2.90. The highest BCUT2D eigenvalue weighted by atomic mass is 35.5. The molecule has 0 radical (unpaired) electrons. The maximum Gasteiger partial charge on any atom is 0.439 e. The Labute approximate surface area is 174 Å². The first-order chi connectivity index (χ1) is 13.8. The molecule has 0 aliphatic heterocycles. The molecule has 0 bridgehead atoms. The molecular formula is C19H14Cl2N4O4. The van der Waals surface area contributed by atoms with E-state index in [0.29, 0.717) is 11.3 Å². The number of imidazole rings is 1. The Balaban J connectivity index is 1.59. The third-order valence-electron chi connectivity index (χ3n) is 4.42. The van der Waals surface area contributed by atoms with Gasteiger partial charge in [-0.25, -0.2) is 9.78 Å². The molecule has 29 heavy (non-hydrogen) atoms. The first-order valence-corrected chi connectivity index (χ1v) is 9.25. The minimum Gasteiger partial charge on any atom is -0.454 e. The Morgan fingerprint density at radius 2 is 1.97 bits per heavy atom. The number of H-pyrrole nitrogens is 1. The van der Waals surface area contributed by atoms with E-state index in [4.69, 9.17) is 27.9 Å². The molecule has 0 aliphatic carbocycles. The van der Waals surface area contributed by atoms with Gasteiger partial charge < -0.3 is 9.30 Å². The molecule has 0 atom stereocenters. The smallest absolute Gasteiger partial charge is 0.439 e. The van der Waals surface area contributed by atoms with Crippen LogP contribution in [0.2, 0.25) is 10.0 Å². The zero-order chi connectivity index (χ0) is 20.7. The summed E-state index contributed by atoms with van der Waals surface area (Å²) in [6, 6.07) is 8.63. The molecule has 8 nitrogen and oxygen atoms in total. The van der Waals surface area contributed by atoms with Gasteiger partial charge in [-0.2, -0.15) is 0 Å². The van der Waals surface area contributed by atoms with Crippen molar-refractivity contribution in [3.8, 4) is 11.5 Å². The maximum atomic E-state index is 12.2. The number of rotatable bonds is 5. The molecule has 0 saturated carbocycles. The number of benzene rings is 2. The summed E-state index contributed by atoms with van der Waals surface area (Å²) in [6.45, 7) is 1.92. The van der Waals surface area contributed by atoms with E-state index < -0.39 is 11.5 Å². The van der Waals surface area contributed by atoms with Gasteiger partial charge in [-0.15, -0.1) is 0 Å². The molecule has 0 fully saturated rings. The number of hydrogen-bond acceptors (Lipinski definition) is 6. The van der Waals surface area contributed by atoms with Crippen LogP contribution in [0.4, 0.5) is 0 Å². The average Bonchev–Trinajstić information content (AvgIpc) is 3.22. The number of aromatic nitrogens is 4. The van der Waals surface area contributed by atoms with E-state index in [9.17, 15) is 9.59 Å². The third kappa shape index (κ3) is 3.76. The second-order valence-electron chi connectivity index (χ2n) is 6.40. The summed E-state index contributed by atoms with van der Waals surface area (Å²) >= 11 is 12.7. The minimum atomic E-state index is -0.797. The van der Waals surface area contributed by atoms with Crippen molar-refractivity contribution in [2.24, 2.45) is 7.05 Å². The normalized spacial score (nSPS) is 11.2. The number of ketones is 1. The highest BCUT2D eigenvalue weighted by Crippen LogP contribution is 2.38. The number of halogens is 2. The summed E-state index contributed by atoms with van der Waals surface area (Å²) in [5, 5.41) is 3.86. The van der Waals surface area contributed by atoms with Crippen molar-refractivity contribution < 1.29 is 14.1 Å². The largest absolute Gasteiger partial charge is 0.454 e. The lowest BCUT2D eigenvalue weighted by molar-refractivity contribution is 0.0980. The second-order valence-corrected chi connectivity index (χ2v) is 7.22. The molecule has 2 aromatic carbocycles. The maximum absolute atomic E-state index is 12.2. The van der Waals surface area contributed by atoms with Gasteiger partial charge in [-0.1, -0.05) is 28.4 Å². The van der Waals surface area contributed by atoms with E-state index >= 15 is 0 Å². The van der Waals surface area contributed by atoms with Crippen LogP contribution in [0.25, 0.3) is 11.0 Å². The first-order valence-electron chi connectivity index (χ1n) is 8.50. The van der Waals surface area contributed by atoms with Crippen molar-refractivity contribution >= 4 is 40.0 Å². The van der Waals surface area contributed by atoms with Crippen LogP contribution in [0.15, 0.2) is 39.6 Å². The number of ether oxygens (including phenoxy) is 1. The summed E-state index contributed by atoms with van der Waals surface area (Å²) in [5.74, 6) is 0.311. The number of nitrogens with zero attached hydrogens (tertiary/aromatic N) is 3. The van der Waals surface area contributed by atoms with Gasteiger partial charge in [0.05, 0.1) is 21.1 Å². The number of nitrogens with one attached hydrogen (secondary N) is 1.